The lowest BCUT2D eigenvalue weighted by Gasteiger charge is -2.33. The lowest BCUT2D eigenvalue weighted by atomic mass is 10.1. The minimum absolute atomic E-state index is 0.205. The van der Waals surface area contributed by atoms with Crippen LogP contribution < -0.4 is 0 Å². The molecule has 0 amide bonds. The number of furan rings is 1. The molecule has 0 aliphatic carbocycles. The van der Waals surface area contributed by atoms with Crippen molar-refractivity contribution in [3.8, 4) is 0 Å². The van der Waals surface area contributed by atoms with Crippen molar-refractivity contribution < 1.29 is 13.9 Å². The second-order valence-electron chi connectivity index (χ2n) is 5.52. The highest BCUT2D eigenvalue weighted by molar-refractivity contribution is 5.86. The number of ether oxygens (including phenoxy) is 1. The van der Waals surface area contributed by atoms with Crippen LogP contribution in [0.1, 0.15) is 68.3 Å². The molecule has 0 spiro atoms. The second-order valence-corrected chi connectivity index (χ2v) is 5.52. The van der Waals surface area contributed by atoms with Crippen LogP contribution in [0.15, 0.2) is 16.5 Å². The van der Waals surface area contributed by atoms with Gasteiger partial charge in [0.05, 0.1) is 13.2 Å². The average Bonchev–Trinajstić information content (AvgIpc) is 2.84. The van der Waals surface area contributed by atoms with Crippen molar-refractivity contribution in [2.24, 2.45) is 0 Å². The Labute approximate surface area is 121 Å². The van der Waals surface area contributed by atoms with Gasteiger partial charge in [-0.05, 0) is 44.9 Å². The number of carbonyl (C=O) groups excluding carboxylic acids is 1. The number of rotatable bonds is 4. The Kier molecular flexibility index (Phi) is 5.24. The second kappa shape index (κ2) is 6.93. The highest BCUT2D eigenvalue weighted by atomic mass is 16.5. The molecule has 1 aliphatic rings. The van der Waals surface area contributed by atoms with Crippen LogP contribution in [-0.2, 0) is 4.74 Å². The Balaban J connectivity index is 2.13. The van der Waals surface area contributed by atoms with E-state index < -0.39 is 5.97 Å². The lowest BCUT2D eigenvalue weighted by Crippen LogP contribution is -2.36. The van der Waals surface area contributed by atoms with Crippen molar-refractivity contribution >= 4 is 5.97 Å². The van der Waals surface area contributed by atoms with Gasteiger partial charge in [0.25, 0.3) is 0 Å². The average molecular weight is 279 g/mol. The van der Waals surface area contributed by atoms with Gasteiger partial charge in [-0.3, -0.25) is 4.90 Å². The van der Waals surface area contributed by atoms with Gasteiger partial charge in [0, 0.05) is 6.04 Å². The van der Waals surface area contributed by atoms with Gasteiger partial charge in [-0.15, -0.1) is 0 Å². The van der Waals surface area contributed by atoms with Gasteiger partial charge in [0.2, 0.25) is 5.76 Å². The molecule has 1 saturated heterocycles. The maximum atomic E-state index is 11.5. The summed E-state index contributed by atoms with van der Waals surface area (Å²) in [6.07, 6.45) is 6.28. The molecule has 1 aromatic heterocycles. The zero-order valence-corrected chi connectivity index (χ0v) is 12.7. The van der Waals surface area contributed by atoms with Crippen molar-refractivity contribution in [1.82, 2.24) is 4.90 Å². The third-order valence-electron chi connectivity index (χ3n) is 4.32. The van der Waals surface area contributed by atoms with Crippen LogP contribution in [0.4, 0.5) is 0 Å². The Morgan fingerprint density at radius 3 is 2.95 bits per heavy atom. The third kappa shape index (κ3) is 3.23. The molecule has 2 heterocycles. The number of hydrogen-bond donors (Lipinski definition) is 0. The predicted molar refractivity (Wildman–Crippen MR) is 77.7 cm³/mol. The fourth-order valence-electron chi connectivity index (χ4n) is 3.10. The first-order chi connectivity index (χ1) is 9.67. The van der Waals surface area contributed by atoms with Crippen molar-refractivity contribution in [3.63, 3.8) is 0 Å². The van der Waals surface area contributed by atoms with E-state index in [1.165, 1.54) is 32.8 Å². The van der Waals surface area contributed by atoms with Gasteiger partial charge in [-0.25, -0.2) is 4.79 Å². The van der Waals surface area contributed by atoms with Crippen molar-refractivity contribution in [2.75, 3.05) is 13.7 Å². The Morgan fingerprint density at radius 2 is 2.25 bits per heavy atom. The molecule has 0 bridgehead atoms. The highest BCUT2D eigenvalue weighted by Gasteiger charge is 2.27. The SMILES string of the molecule is CCC1CCCCCN1C(C)c1ccc(C(=O)OC)o1. The molecular weight excluding hydrogens is 254 g/mol. The Bertz CT molecular complexity index is 441. The van der Waals surface area contributed by atoms with E-state index in [-0.39, 0.29) is 11.8 Å². The molecule has 4 nitrogen and oxygen atoms in total. The summed E-state index contributed by atoms with van der Waals surface area (Å²) in [5.41, 5.74) is 0. The molecule has 1 aromatic rings. The fraction of sp³-hybridized carbons (Fsp3) is 0.688. The lowest BCUT2D eigenvalue weighted by molar-refractivity contribution is 0.0555. The maximum absolute atomic E-state index is 11.5. The quantitative estimate of drug-likeness (QED) is 0.787. The fourth-order valence-corrected chi connectivity index (χ4v) is 3.10. The molecule has 2 unspecified atom stereocenters. The monoisotopic (exact) mass is 279 g/mol. The smallest absolute Gasteiger partial charge is 0.373 e. The normalized spacial score (nSPS) is 22.2. The Morgan fingerprint density at radius 1 is 1.45 bits per heavy atom. The molecule has 2 atom stereocenters. The highest BCUT2D eigenvalue weighted by Crippen LogP contribution is 2.30. The third-order valence-corrected chi connectivity index (χ3v) is 4.32. The molecule has 0 saturated carbocycles. The summed E-state index contributed by atoms with van der Waals surface area (Å²) in [5.74, 6) is 0.731. The van der Waals surface area contributed by atoms with Crippen molar-refractivity contribution in [3.05, 3.63) is 23.7 Å². The molecule has 2 rings (SSSR count). The molecular formula is C16H25NO3. The van der Waals surface area contributed by atoms with Crippen molar-refractivity contribution in [2.45, 2.75) is 58.0 Å². The van der Waals surface area contributed by atoms with Crippen LogP contribution in [0.2, 0.25) is 0 Å². The molecule has 112 valence electrons. The molecule has 20 heavy (non-hydrogen) atoms. The van der Waals surface area contributed by atoms with Crippen molar-refractivity contribution in [1.29, 1.82) is 0 Å². The summed E-state index contributed by atoms with van der Waals surface area (Å²) in [4.78, 5) is 14.0. The first-order valence-corrected chi connectivity index (χ1v) is 7.61. The Hall–Kier alpha value is -1.29. The number of hydrogen-bond acceptors (Lipinski definition) is 4. The van der Waals surface area contributed by atoms with Gasteiger partial charge in [0.1, 0.15) is 5.76 Å². The number of nitrogens with zero attached hydrogens (tertiary/aromatic N) is 1. The van der Waals surface area contributed by atoms with Crippen LogP contribution in [0.25, 0.3) is 0 Å². The predicted octanol–water partition coefficient (Wildman–Crippen LogP) is 3.78. The number of likely N-dealkylation sites (tertiary alicyclic amines) is 1. The number of methoxy groups -OCH3 is 1. The van der Waals surface area contributed by atoms with Crippen LogP contribution in [0.5, 0.6) is 0 Å². The van der Waals surface area contributed by atoms with Gasteiger partial charge < -0.3 is 9.15 Å². The van der Waals surface area contributed by atoms with Gasteiger partial charge in [-0.1, -0.05) is 19.8 Å². The summed E-state index contributed by atoms with van der Waals surface area (Å²) in [6.45, 7) is 5.51. The molecule has 4 heteroatoms. The van der Waals surface area contributed by atoms with Crippen LogP contribution in [-0.4, -0.2) is 30.6 Å². The van der Waals surface area contributed by atoms with E-state index in [1.807, 2.05) is 6.07 Å². The number of esters is 1. The minimum atomic E-state index is -0.411. The maximum Gasteiger partial charge on any atom is 0.373 e. The zero-order valence-electron chi connectivity index (χ0n) is 12.7. The van der Waals surface area contributed by atoms with E-state index in [0.717, 1.165) is 18.7 Å². The first-order valence-electron chi connectivity index (χ1n) is 7.61. The summed E-state index contributed by atoms with van der Waals surface area (Å²) < 4.78 is 10.4. The van der Waals surface area contributed by atoms with Gasteiger partial charge in [-0.2, -0.15) is 0 Å². The standard InChI is InChI=1S/C16H25NO3/c1-4-13-8-6-5-7-11-17(13)12(2)14-9-10-15(20-14)16(18)19-3/h9-10,12-13H,4-8,11H2,1-3H3. The van der Waals surface area contributed by atoms with E-state index in [2.05, 4.69) is 18.7 Å². The van der Waals surface area contributed by atoms with E-state index in [1.54, 1.807) is 6.07 Å². The molecule has 1 fully saturated rings. The molecule has 1 aliphatic heterocycles. The van der Waals surface area contributed by atoms with E-state index in [9.17, 15) is 4.79 Å². The minimum Gasteiger partial charge on any atom is -0.463 e. The molecule has 0 aromatic carbocycles. The van der Waals surface area contributed by atoms with Crippen LogP contribution in [0.3, 0.4) is 0 Å². The van der Waals surface area contributed by atoms with Gasteiger partial charge in [0.15, 0.2) is 0 Å². The summed E-state index contributed by atoms with van der Waals surface area (Å²) in [7, 11) is 1.37. The van der Waals surface area contributed by atoms with Crippen LogP contribution >= 0.6 is 0 Å². The number of carbonyl (C=O) groups is 1. The van der Waals surface area contributed by atoms with Crippen LogP contribution in [0, 0.1) is 0 Å². The first kappa shape index (κ1) is 15.1. The topological polar surface area (TPSA) is 42.7 Å². The zero-order chi connectivity index (χ0) is 14.5. The molecule has 0 N–H and O–H groups in total. The molecule has 0 radical (unpaired) electrons. The van der Waals surface area contributed by atoms with E-state index in [0.29, 0.717) is 6.04 Å². The van der Waals surface area contributed by atoms with E-state index >= 15 is 0 Å². The van der Waals surface area contributed by atoms with E-state index in [4.69, 9.17) is 9.15 Å². The summed E-state index contributed by atoms with van der Waals surface area (Å²) in [6, 6.07) is 4.42. The largest absolute Gasteiger partial charge is 0.463 e. The summed E-state index contributed by atoms with van der Waals surface area (Å²) >= 11 is 0. The van der Waals surface area contributed by atoms with Gasteiger partial charge >= 0.3 is 5.97 Å². The summed E-state index contributed by atoms with van der Waals surface area (Å²) in [5, 5.41) is 0.